The quantitative estimate of drug-likeness (QED) is 0.213. The number of rotatable bonds is 13. The van der Waals surface area contributed by atoms with E-state index in [0.29, 0.717) is 18.8 Å². The fourth-order valence-electron chi connectivity index (χ4n) is 5.06. The van der Waals surface area contributed by atoms with E-state index in [4.69, 9.17) is 13.9 Å². The van der Waals surface area contributed by atoms with Crippen LogP contribution in [0, 0.1) is 0 Å². The van der Waals surface area contributed by atoms with Crippen molar-refractivity contribution >= 4 is 8.32 Å². The highest BCUT2D eigenvalue weighted by Crippen LogP contribution is 2.52. The van der Waals surface area contributed by atoms with E-state index in [1.165, 1.54) is 25.7 Å². The van der Waals surface area contributed by atoms with E-state index >= 15 is 0 Å². The normalized spacial score (nSPS) is 21.8. The molecule has 0 bridgehead atoms. The lowest BCUT2D eigenvalue weighted by atomic mass is 9.63. The third-order valence-electron chi connectivity index (χ3n) is 8.81. The molecule has 37 heavy (non-hydrogen) atoms. The van der Waals surface area contributed by atoms with Crippen LogP contribution in [0.2, 0.25) is 18.1 Å². The van der Waals surface area contributed by atoms with Gasteiger partial charge in [0, 0.05) is 30.6 Å². The van der Waals surface area contributed by atoms with E-state index in [-0.39, 0.29) is 5.04 Å². The van der Waals surface area contributed by atoms with Crippen LogP contribution in [-0.4, -0.2) is 38.7 Å². The van der Waals surface area contributed by atoms with Crippen molar-refractivity contribution in [3.63, 3.8) is 0 Å². The molecule has 2 atom stereocenters. The number of unbranched alkanes of at least 4 members (excludes halogenated alkanes) is 6. The maximum absolute atomic E-state index is 12.3. The van der Waals surface area contributed by atoms with Crippen molar-refractivity contribution in [3.8, 4) is 11.5 Å². The zero-order valence-electron chi connectivity index (χ0n) is 24.2. The summed E-state index contributed by atoms with van der Waals surface area (Å²) in [7, 11) is 0.0253. The molecule has 2 aromatic rings. The topological polar surface area (TPSA) is 60.8 Å². The molecule has 1 aliphatic rings. The summed E-state index contributed by atoms with van der Waals surface area (Å²) in [6, 6.07) is 9.75. The summed E-state index contributed by atoms with van der Waals surface area (Å²) in [4.78, 5) is 4.34. The van der Waals surface area contributed by atoms with E-state index in [1.54, 1.807) is 13.3 Å². The molecule has 2 heterocycles. The van der Waals surface area contributed by atoms with Crippen LogP contribution >= 0.6 is 0 Å². The van der Waals surface area contributed by atoms with Gasteiger partial charge in [-0.25, -0.2) is 0 Å². The lowest BCUT2D eigenvalue weighted by molar-refractivity contribution is -0.0826. The van der Waals surface area contributed by atoms with Crippen LogP contribution < -0.4 is 9.47 Å². The zero-order valence-corrected chi connectivity index (χ0v) is 25.2. The molecule has 0 spiro atoms. The smallest absolute Gasteiger partial charge is 0.191 e. The first-order valence-electron chi connectivity index (χ1n) is 14.0. The number of hydrogen-bond donors (Lipinski definition) is 1. The van der Waals surface area contributed by atoms with E-state index in [2.05, 4.69) is 45.8 Å². The molecule has 0 fully saturated rings. The summed E-state index contributed by atoms with van der Waals surface area (Å²) in [5.41, 5.74) is 0.204. The molecule has 0 aliphatic carbocycles. The monoisotopic (exact) mass is 527 g/mol. The highest BCUT2D eigenvalue weighted by atomic mass is 28.4. The Labute approximate surface area is 226 Å². The van der Waals surface area contributed by atoms with Gasteiger partial charge >= 0.3 is 0 Å². The van der Waals surface area contributed by atoms with Crippen LogP contribution in [-0.2, 0) is 15.4 Å². The van der Waals surface area contributed by atoms with E-state index in [9.17, 15) is 5.11 Å². The highest BCUT2D eigenvalue weighted by Gasteiger charge is 2.53. The molecule has 1 aliphatic heterocycles. The van der Waals surface area contributed by atoms with Crippen LogP contribution in [0.1, 0.15) is 90.2 Å². The Bertz CT molecular complexity index is 990. The standard InChI is InChI=1S/C31H49NO4Si/c1-29(2,3)37(6,7)36-21-14-12-10-8-9-11-13-19-31(33)27-18-17-26(34-5)22-28(27)35-24-30(31,4)25-16-15-20-32-23-25/h15-18,20,22-23,33H,8-14,19,21,24H2,1-7H3. The number of hydrogen-bond acceptors (Lipinski definition) is 5. The van der Waals surface area contributed by atoms with Gasteiger partial charge in [-0.3, -0.25) is 4.98 Å². The number of pyridine rings is 1. The summed E-state index contributed by atoms with van der Waals surface area (Å²) in [5.74, 6) is 1.45. The zero-order chi connectivity index (χ0) is 27.2. The molecule has 1 aromatic heterocycles. The number of fused-ring (bicyclic) bond motifs is 1. The van der Waals surface area contributed by atoms with Crippen molar-refractivity contribution < 1.29 is 19.0 Å². The van der Waals surface area contributed by atoms with Crippen LogP contribution in [0.5, 0.6) is 11.5 Å². The fourth-order valence-corrected chi connectivity index (χ4v) is 6.15. The largest absolute Gasteiger partial charge is 0.497 e. The Balaban J connectivity index is 1.53. The second-order valence-electron chi connectivity index (χ2n) is 12.4. The predicted molar refractivity (Wildman–Crippen MR) is 154 cm³/mol. The molecule has 5 nitrogen and oxygen atoms in total. The molecule has 2 unspecified atom stereocenters. The number of aromatic nitrogens is 1. The SMILES string of the molecule is COc1ccc2c(c1)OCC(C)(c1cccnc1)C2(O)CCCCCCCCCO[Si](C)(C)C(C)(C)C. The van der Waals surface area contributed by atoms with Gasteiger partial charge in [-0.15, -0.1) is 0 Å². The molecule has 0 saturated heterocycles. The summed E-state index contributed by atoms with van der Waals surface area (Å²) in [6.45, 7) is 14.9. The van der Waals surface area contributed by atoms with Gasteiger partial charge in [0.2, 0.25) is 0 Å². The number of methoxy groups -OCH3 is 1. The molecular formula is C31H49NO4Si. The van der Waals surface area contributed by atoms with Gasteiger partial charge in [0.15, 0.2) is 8.32 Å². The first-order valence-corrected chi connectivity index (χ1v) is 16.9. The molecule has 0 amide bonds. The van der Waals surface area contributed by atoms with Crippen molar-refractivity contribution in [2.75, 3.05) is 20.3 Å². The van der Waals surface area contributed by atoms with Gasteiger partial charge in [0.25, 0.3) is 0 Å². The van der Waals surface area contributed by atoms with Crippen molar-refractivity contribution in [2.24, 2.45) is 0 Å². The first kappa shape index (κ1) is 29.7. The molecule has 3 rings (SSSR count). The Hall–Kier alpha value is -1.89. The number of ether oxygens (including phenoxy) is 2. The Morgan fingerprint density at radius 2 is 1.70 bits per heavy atom. The summed E-state index contributed by atoms with van der Waals surface area (Å²) in [6.07, 6.45) is 12.4. The molecule has 6 heteroatoms. The predicted octanol–water partition coefficient (Wildman–Crippen LogP) is 7.77. The number of aliphatic hydroxyl groups is 1. The maximum Gasteiger partial charge on any atom is 0.191 e. The van der Waals surface area contributed by atoms with Crippen molar-refractivity contribution in [3.05, 3.63) is 53.9 Å². The van der Waals surface area contributed by atoms with E-state index in [1.807, 2.05) is 36.5 Å². The molecule has 1 N–H and O–H groups in total. The third kappa shape index (κ3) is 6.76. The van der Waals surface area contributed by atoms with E-state index in [0.717, 1.165) is 42.7 Å². The minimum Gasteiger partial charge on any atom is -0.497 e. The van der Waals surface area contributed by atoms with Gasteiger partial charge in [-0.1, -0.05) is 65.4 Å². The van der Waals surface area contributed by atoms with E-state index < -0.39 is 19.3 Å². The molecular weight excluding hydrogens is 478 g/mol. The maximum atomic E-state index is 12.3. The average Bonchev–Trinajstić information content (AvgIpc) is 2.87. The lowest BCUT2D eigenvalue weighted by Gasteiger charge is -2.49. The molecule has 0 saturated carbocycles. The van der Waals surface area contributed by atoms with Crippen molar-refractivity contribution in [2.45, 2.75) is 108 Å². The van der Waals surface area contributed by atoms with Crippen LogP contribution in [0.15, 0.2) is 42.7 Å². The Kier molecular flexibility index (Phi) is 9.87. The Morgan fingerprint density at radius 3 is 2.32 bits per heavy atom. The van der Waals surface area contributed by atoms with Gasteiger partial charge in [-0.05, 0) is 61.7 Å². The van der Waals surface area contributed by atoms with Crippen LogP contribution in [0.25, 0.3) is 0 Å². The fraction of sp³-hybridized carbons (Fsp3) is 0.645. The van der Waals surface area contributed by atoms with Gasteiger partial charge < -0.3 is 19.0 Å². The van der Waals surface area contributed by atoms with Crippen LogP contribution in [0.4, 0.5) is 0 Å². The summed E-state index contributed by atoms with van der Waals surface area (Å²) in [5, 5.41) is 12.6. The Morgan fingerprint density at radius 1 is 1.03 bits per heavy atom. The van der Waals surface area contributed by atoms with Crippen molar-refractivity contribution in [1.82, 2.24) is 4.98 Å². The summed E-state index contributed by atoms with van der Waals surface area (Å²) >= 11 is 0. The minimum absolute atomic E-state index is 0.279. The summed E-state index contributed by atoms with van der Waals surface area (Å²) < 4.78 is 17.9. The highest BCUT2D eigenvalue weighted by molar-refractivity contribution is 6.74. The van der Waals surface area contributed by atoms with Gasteiger partial charge in [0.1, 0.15) is 23.7 Å². The molecule has 0 radical (unpaired) electrons. The van der Waals surface area contributed by atoms with Crippen molar-refractivity contribution in [1.29, 1.82) is 0 Å². The van der Waals surface area contributed by atoms with Crippen LogP contribution in [0.3, 0.4) is 0 Å². The third-order valence-corrected chi connectivity index (χ3v) is 13.4. The second-order valence-corrected chi connectivity index (χ2v) is 17.2. The number of nitrogens with zero attached hydrogens (tertiary/aromatic N) is 1. The second kappa shape index (κ2) is 12.3. The lowest BCUT2D eigenvalue weighted by Crippen LogP contribution is -2.54. The number of benzene rings is 1. The van der Waals surface area contributed by atoms with Gasteiger partial charge in [-0.2, -0.15) is 0 Å². The average molecular weight is 528 g/mol. The van der Waals surface area contributed by atoms with Gasteiger partial charge in [0.05, 0.1) is 12.5 Å². The first-order chi connectivity index (χ1) is 17.4. The minimum atomic E-state index is -1.63. The molecule has 1 aromatic carbocycles. The molecule has 206 valence electrons.